The highest BCUT2D eigenvalue weighted by Crippen LogP contribution is 2.19. The maximum atomic E-state index is 5.85. The molecule has 0 aliphatic carbocycles. The number of anilines is 1. The fraction of sp³-hybridized carbons (Fsp3) is 0.0769. The number of hydrogen-bond acceptors (Lipinski definition) is 2. The molecule has 0 amide bonds. The van der Waals surface area contributed by atoms with Gasteiger partial charge in [-0.15, -0.1) is 0 Å². The summed E-state index contributed by atoms with van der Waals surface area (Å²) in [5.41, 5.74) is 4.97. The SMILES string of the molecule is Cc1ccccc1NOc1cccc(Cl)c1. The van der Waals surface area contributed by atoms with Gasteiger partial charge in [-0.05, 0) is 30.7 Å². The minimum atomic E-state index is 0.657. The summed E-state index contributed by atoms with van der Waals surface area (Å²) in [6, 6.07) is 15.2. The van der Waals surface area contributed by atoms with Crippen LogP contribution in [0.5, 0.6) is 5.75 Å². The van der Waals surface area contributed by atoms with E-state index in [2.05, 4.69) is 5.48 Å². The molecule has 0 unspecified atom stereocenters. The van der Waals surface area contributed by atoms with E-state index >= 15 is 0 Å². The fourth-order valence-electron chi connectivity index (χ4n) is 1.33. The molecule has 2 aromatic rings. The van der Waals surface area contributed by atoms with Crippen molar-refractivity contribution in [2.45, 2.75) is 6.92 Å². The van der Waals surface area contributed by atoms with Crippen molar-refractivity contribution in [2.75, 3.05) is 5.48 Å². The zero-order valence-electron chi connectivity index (χ0n) is 8.91. The molecule has 0 fully saturated rings. The second-order valence-electron chi connectivity index (χ2n) is 3.48. The highest BCUT2D eigenvalue weighted by atomic mass is 35.5. The van der Waals surface area contributed by atoms with E-state index in [9.17, 15) is 0 Å². The van der Waals surface area contributed by atoms with Crippen molar-refractivity contribution in [3.05, 3.63) is 59.1 Å². The van der Waals surface area contributed by atoms with Crippen LogP contribution in [-0.2, 0) is 0 Å². The van der Waals surface area contributed by atoms with Crippen molar-refractivity contribution >= 4 is 17.3 Å². The van der Waals surface area contributed by atoms with E-state index in [0.717, 1.165) is 11.3 Å². The van der Waals surface area contributed by atoms with Crippen LogP contribution in [0.3, 0.4) is 0 Å². The molecule has 0 aliphatic heterocycles. The first-order valence-corrected chi connectivity index (χ1v) is 5.37. The molecule has 16 heavy (non-hydrogen) atoms. The zero-order valence-corrected chi connectivity index (χ0v) is 9.66. The number of aryl methyl sites for hydroxylation is 1. The Labute approximate surface area is 99.8 Å². The second-order valence-corrected chi connectivity index (χ2v) is 3.91. The van der Waals surface area contributed by atoms with Crippen molar-refractivity contribution in [3.8, 4) is 5.75 Å². The quantitative estimate of drug-likeness (QED) is 0.808. The Morgan fingerprint density at radius 1 is 1.06 bits per heavy atom. The molecule has 1 N–H and O–H groups in total. The van der Waals surface area contributed by atoms with Gasteiger partial charge in [-0.25, -0.2) is 5.48 Å². The summed E-state index contributed by atoms with van der Waals surface area (Å²) in [4.78, 5) is 5.42. The summed E-state index contributed by atoms with van der Waals surface area (Å²) in [5.74, 6) is 0.691. The number of benzene rings is 2. The summed E-state index contributed by atoms with van der Waals surface area (Å²) < 4.78 is 0. The predicted octanol–water partition coefficient (Wildman–Crippen LogP) is 4.05. The number of rotatable bonds is 3. The van der Waals surface area contributed by atoms with Gasteiger partial charge in [0, 0.05) is 11.1 Å². The van der Waals surface area contributed by atoms with Crippen LogP contribution in [0.25, 0.3) is 0 Å². The summed E-state index contributed by atoms with van der Waals surface area (Å²) in [6.45, 7) is 2.02. The lowest BCUT2D eigenvalue weighted by molar-refractivity contribution is 0.405. The summed E-state index contributed by atoms with van der Waals surface area (Å²) in [7, 11) is 0. The molecule has 82 valence electrons. The highest BCUT2D eigenvalue weighted by molar-refractivity contribution is 6.30. The van der Waals surface area contributed by atoms with Crippen LogP contribution in [0.4, 0.5) is 5.69 Å². The molecule has 0 aliphatic rings. The molecule has 0 saturated heterocycles. The summed E-state index contributed by atoms with van der Waals surface area (Å²) in [6.07, 6.45) is 0. The first-order valence-electron chi connectivity index (χ1n) is 5.00. The molecule has 2 nitrogen and oxygen atoms in total. The van der Waals surface area contributed by atoms with Crippen molar-refractivity contribution in [1.82, 2.24) is 0 Å². The number of hydrogen-bond donors (Lipinski definition) is 1. The molecular formula is C13H12ClNO. The largest absolute Gasteiger partial charge is 0.382 e. The second kappa shape index (κ2) is 4.90. The lowest BCUT2D eigenvalue weighted by Gasteiger charge is -2.10. The Hall–Kier alpha value is -1.67. The smallest absolute Gasteiger partial charge is 0.156 e. The van der Waals surface area contributed by atoms with Crippen molar-refractivity contribution in [3.63, 3.8) is 0 Å². The zero-order chi connectivity index (χ0) is 11.4. The van der Waals surface area contributed by atoms with Gasteiger partial charge in [-0.3, -0.25) is 0 Å². The van der Waals surface area contributed by atoms with E-state index in [1.165, 1.54) is 0 Å². The minimum absolute atomic E-state index is 0.657. The Morgan fingerprint density at radius 3 is 2.62 bits per heavy atom. The Balaban J connectivity index is 2.05. The maximum Gasteiger partial charge on any atom is 0.156 e. The minimum Gasteiger partial charge on any atom is -0.382 e. The monoisotopic (exact) mass is 233 g/mol. The van der Waals surface area contributed by atoms with Gasteiger partial charge in [0.05, 0.1) is 5.69 Å². The van der Waals surface area contributed by atoms with E-state index < -0.39 is 0 Å². The molecule has 2 aromatic carbocycles. The van der Waals surface area contributed by atoms with Crippen molar-refractivity contribution < 1.29 is 4.84 Å². The van der Waals surface area contributed by atoms with Gasteiger partial charge in [-0.1, -0.05) is 35.9 Å². The topological polar surface area (TPSA) is 21.3 Å². The van der Waals surface area contributed by atoms with E-state index in [0.29, 0.717) is 10.8 Å². The third-order valence-corrected chi connectivity index (χ3v) is 2.46. The van der Waals surface area contributed by atoms with E-state index in [-0.39, 0.29) is 0 Å². The van der Waals surface area contributed by atoms with Crippen LogP contribution in [-0.4, -0.2) is 0 Å². The highest BCUT2D eigenvalue weighted by Gasteiger charge is 1.98. The van der Waals surface area contributed by atoms with Gasteiger partial charge >= 0.3 is 0 Å². The van der Waals surface area contributed by atoms with E-state index in [1.54, 1.807) is 6.07 Å². The van der Waals surface area contributed by atoms with Gasteiger partial charge in [0.1, 0.15) is 0 Å². The molecule has 2 rings (SSSR count). The normalized spacial score (nSPS) is 9.88. The van der Waals surface area contributed by atoms with Crippen molar-refractivity contribution in [1.29, 1.82) is 0 Å². The first-order chi connectivity index (χ1) is 7.75. The van der Waals surface area contributed by atoms with E-state index in [1.807, 2.05) is 49.4 Å². The summed E-state index contributed by atoms with van der Waals surface area (Å²) in [5, 5.41) is 0.657. The van der Waals surface area contributed by atoms with Crippen LogP contribution in [0.1, 0.15) is 5.56 Å². The Bertz CT molecular complexity index is 485. The van der Waals surface area contributed by atoms with Gasteiger partial charge in [0.15, 0.2) is 5.75 Å². The van der Waals surface area contributed by atoms with Crippen LogP contribution >= 0.6 is 11.6 Å². The van der Waals surface area contributed by atoms with Gasteiger partial charge in [0.25, 0.3) is 0 Å². The van der Waals surface area contributed by atoms with Gasteiger partial charge in [0.2, 0.25) is 0 Å². The molecule has 0 aromatic heterocycles. The molecule has 0 atom stereocenters. The molecule has 0 saturated carbocycles. The number of para-hydroxylation sites is 1. The summed E-state index contributed by atoms with van der Waals surface area (Å²) >= 11 is 5.85. The van der Waals surface area contributed by atoms with Crippen LogP contribution in [0.15, 0.2) is 48.5 Å². The Kier molecular flexibility index (Phi) is 3.32. The average molecular weight is 234 g/mol. The van der Waals surface area contributed by atoms with Gasteiger partial charge < -0.3 is 4.84 Å². The predicted molar refractivity (Wildman–Crippen MR) is 66.9 cm³/mol. The molecular weight excluding hydrogens is 222 g/mol. The maximum absolute atomic E-state index is 5.85. The third-order valence-electron chi connectivity index (χ3n) is 2.22. The van der Waals surface area contributed by atoms with Crippen molar-refractivity contribution in [2.24, 2.45) is 0 Å². The molecule has 0 spiro atoms. The standard InChI is InChI=1S/C13H12ClNO/c1-10-5-2-3-8-13(10)15-16-12-7-4-6-11(14)9-12/h2-9,15H,1H3. The third kappa shape index (κ3) is 2.67. The molecule has 0 bridgehead atoms. The van der Waals surface area contributed by atoms with Crippen LogP contribution in [0, 0.1) is 6.92 Å². The lowest BCUT2D eigenvalue weighted by atomic mass is 10.2. The molecule has 3 heteroatoms. The molecule has 0 radical (unpaired) electrons. The number of nitrogens with one attached hydrogen (secondary N) is 1. The lowest BCUT2D eigenvalue weighted by Crippen LogP contribution is -2.05. The first kappa shape index (κ1) is 10.8. The van der Waals surface area contributed by atoms with Crippen LogP contribution in [0.2, 0.25) is 5.02 Å². The average Bonchev–Trinajstić information content (AvgIpc) is 2.28. The van der Waals surface area contributed by atoms with E-state index in [4.69, 9.17) is 16.4 Å². The number of halogens is 1. The Morgan fingerprint density at radius 2 is 1.88 bits per heavy atom. The fourth-order valence-corrected chi connectivity index (χ4v) is 1.51. The van der Waals surface area contributed by atoms with Crippen LogP contribution < -0.4 is 10.3 Å². The molecule has 0 heterocycles. The van der Waals surface area contributed by atoms with Gasteiger partial charge in [-0.2, -0.15) is 0 Å².